The number of carbonyl (C=O) groups is 3. The number of nitrogens with one attached hydrogen (secondary N) is 1. The third-order valence-electron chi connectivity index (χ3n) is 7.38. The van der Waals surface area contributed by atoms with Gasteiger partial charge in [-0.15, -0.1) is 0 Å². The molecule has 0 saturated heterocycles. The van der Waals surface area contributed by atoms with Crippen molar-refractivity contribution < 1.29 is 14.4 Å². The van der Waals surface area contributed by atoms with Gasteiger partial charge in [-0.1, -0.05) is 66.7 Å². The molecule has 0 bridgehead atoms. The maximum Gasteiger partial charge on any atom is 0.220 e. The van der Waals surface area contributed by atoms with Gasteiger partial charge in [0.15, 0.2) is 5.78 Å². The minimum Gasteiger partial charge on any atom is -0.347 e. The fraction of sp³-hybridized carbons (Fsp3) is 0.314. The van der Waals surface area contributed by atoms with Crippen LogP contribution in [0.25, 0.3) is 21.9 Å². The van der Waals surface area contributed by atoms with Crippen LogP contribution in [0.1, 0.15) is 68.7 Å². The van der Waals surface area contributed by atoms with Gasteiger partial charge in [0.1, 0.15) is 5.78 Å². The topological polar surface area (TPSA) is 76.1 Å². The Balaban J connectivity index is 1.33. The van der Waals surface area contributed by atoms with Gasteiger partial charge in [-0.3, -0.25) is 14.6 Å². The maximum absolute atomic E-state index is 13.1. The molecule has 0 spiro atoms. The van der Waals surface area contributed by atoms with Crippen LogP contribution in [-0.4, -0.2) is 28.5 Å². The van der Waals surface area contributed by atoms with Gasteiger partial charge in [0.2, 0.25) is 5.91 Å². The average Bonchev–Trinajstić information content (AvgIpc) is 2.94. The van der Waals surface area contributed by atoms with E-state index in [1.165, 1.54) is 16.3 Å². The van der Waals surface area contributed by atoms with Crippen molar-refractivity contribution >= 4 is 28.2 Å². The molecular formula is C35H38N2O3. The third-order valence-corrected chi connectivity index (χ3v) is 7.38. The molecule has 1 heterocycles. The highest BCUT2D eigenvalue weighted by molar-refractivity contribution is 5.96. The molecule has 5 heteroatoms. The molecule has 2 atom stereocenters. The number of rotatable bonds is 13. The Bertz CT molecular complexity index is 1470. The highest BCUT2D eigenvalue weighted by atomic mass is 16.2. The van der Waals surface area contributed by atoms with Crippen molar-refractivity contribution in [2.45, 2.75) is 71.3 Å². The molecule has 206 valence electrons. The Morgan fingerprint density at radius 1 is 0.875 bits per heavy atom. The number of pyridine rings is 1. The minimum atomic E-state index is -0.602. The van der Waals surface area contributed by atoms with Crippen molar-refractivity contribution in [2.24, 2.45) is 0 Å². The Labute approximate surface area is 237 Å². The summed E-state index contributed by atoms with van der Waals surface area (Å²) in [6.45, 7) is 5.32. The molecule has 1 aromatic heterocycles. The van der Waals surface area contributed by atoms with Crippen molar-refractivity contribution in [2.75, 3.05) is 0 Å². The van der Waals surface area contributed by atoms with E-state index in [1.807, 2.05) is 43.5 Å². The molecule has 1 amide bonds. The first-order valence-corrected chi connectivity index (χ1v) is 14.1. The summed E-state index contributed by atoms with van der Waals surface area (Å²) in [7, 11) is 0. The van der Waals surface area contributed by atoms with Crippen LogP contribution in [0.3, 0.4) is 0 Å². The summed E-state index contributed by atoms with van der Waals surface area (Å²) in [4.78, 5) is 42.0. The summed E-state index contributed by atoms with van der Waals surface area (Å²) in [5, 5.41) is 5.22. The van der Waals surface area contributed by atoms with Crippen LogP contribution in [0.2, 0.25) is 0 Å². The van der Waals surface area contributed by atoms with Crippen molar-refractivity contribution in [1.82, 2.24) is 10.3 Å². The zero-order valence-electron chi connectivity index (χ0n) is 23.7. The van der Waals surface area contributed by atoms with E-state index in [-0.39, 0.29) is 36.2 Å². The number of aryl methyl sites for hydroxylation is 2. The van der Waals surface area contributed by atoms with Gasteiger partial charge >= 0.3 is 0 Å². The molecule has 0 aliphatic carbocycles. The summed E-state index contributed by atoms with van der Waals surface area (Å²) >= 11 is 0. The second-order valence-electron chi connectivity index (χ2n) is 10.7. The molecule has 0 aliphatic heterocycles. The lowest BCUT2D eigenvalue weighted by Gasteiger charge is -2.19. The van der Waals surface area contributed by atoms with E-state index in [1.54, 1.807) is 13.8 Å². The predicted octanol–water partition coefficient (Wildman–Crippen LogP) is 7.15. The molecule has 4 rings (SSSR count). The lowest BCUT2D eigenvalue weighted by molar-refractivity contribution is -0.128. The van der Waals surface area contributed by atoms with Crippen molar-refractivity contribution in [3.05, 3.63) is 102 Å². The molecule has 5 nitrogen and oxygen atoms in total. The summed E-state index contributed by atoms with van der Waals surface area (Å²) in [6, 6.07) is 26.2. The van der Waals surface area contributed by atoms with Crippen LogP contribution < -0.4 is 5.32 Å². The monoisotopic (exact) mass is 534 g/mol. The lowest BCUT2D eigenvalue weighted by atomic mass is 9.87. The summed E-state index contributed by atoms with van der Waals surface area (Å²) < 4.78 is 0. The number of benzene rings is 3. The van der Waals surface area contributed by atoms with Gasteiger partial charge in [0.25, 0.3) is 0 Å². The maximum atomic E-state index is 13.1. The number of ketones is 2. The first-order chi connectivity index (χ1) is 19.3. The average molecular weight is 535 g/mol. The first kappa shape index (κ1) is 28.9. The number of unbranched alkanes of at least 4 members (excludes halogenated alkanes) is 1. The molecule has 3 aromatic carbocycles. The van der Waals surface area contributed by atoms with Gasteiger partial charge in [-0.25, -0.2) is 0 Å². The number of hydrogen-bond acceptors (Lipinski definition) is 4. The smallest absolute Gasteiger partial charge is 0.220 e. The zero-order valence-corrected chi connectivity index (χ0v) is 23.7. The van der Waals surface area contributed by atoms with Crippen LogP contribution in [0.5, 0.6) is 0 Å². The van der Waals surface area contributed by atoms with E-state index in [2.05, 4.69) is 58.8 Å². The molecule has 0 aliphatic rings. The van der Waals surface area contributed by atoms with Crippen molar-refractivity contribution in [3.63, 3.8) is 0 Å². The molecule has 0 radical (unpaired) electrons. The SMILES string of the molecule is CC(=O)C[C@H](CC(=O)[C@H](C)NC(=O)CCCCc1cc(C)ccn1)c1ccc(-c2cccc3ccccc23)cc1. The predicted molar refractivity (Wildman–Crippen MR) is 161 cm³/mol. The Morgan fingerprint density at radius 3 is 2.38 bits per heavy atom. The van der Waals surface area contributed by atoms with Crippen LogP contribution in [0.4, 0.5) is 0 Å². The molecule has 40 heavy (non-hydrogen) atoms. The van der Waals surface area contributed by atoms with Gasteiger partial charge in [-0.2, -0.15) is 0 Å². The Hall–Kier alpha value is -4.12. The first-order valence-electron chi connectivity index (χ1n) is 14.1. The van der Waals surface area contributed by atoms with Crippen LogP contribution in [0, 0.1) is 6.92 Å². The number of carbonyl (C=O) groups excluding carboxylic acids is 3. The zero-order chi connectivity index (χ0) is 28.5. The molecule has 4 aromatic rings. The van der Waals surface area contributed by atoms with E-state index in [4.69, 9.17) is 0 Å². The van der Waals surface area contributed by atoms with Crippen molar-refractivity contribution in [3.8, 4) is 11.1 Å². The van der Waals surface area contributed by atoms with Crippen molar-refractivity contribution in [1.29, 1.82) is 0 Å². The fourth-order valence-corrected chi connectivity index (χ4v) is 5.21. The largest absolute Gasteiger partial charge is 0.347 e. The van der Waals surface area contributed by atoms with Gasteiger partial charge < -0.3 is 10.1 Å². The van der Waals surface area contributed by atoms with E-state index in [9.17, 15) is 14.4 Å². The number of Topliss-reactive ketones (excluding diaryl/α,β-unsaturated/α-hetero) is 2. The number of aromatic nitrogens is 1. The molecule has 1 N–H and O–H groups in total. The molecule has 0 saturated carbocycles. The van der Waals surface area contributed by atoms with Gasteiger partial charge in [0, 0.05) is 31.2 Å². The molecule has 0 unspecified atom stereocenters. The van der Waals surface area contributed by atoms with E-state index >= 15 is 0 Å². The standard InChI is InChI=1S/C35H38N2O3/c1-24-19-20-36-31(21-24)11-5-7-14-35(40)37-26(3)34(39)23-30(22-25(2)38)27-15-17-29(18-16-27)33-13-8-10-28-9-4-6-12-32(28)33/h4,6,8-10,12-13,15-21,26,30H,5,7,11,14,22-23H2,1-3H3,(H,37,40)/t26-,30+/m0/s1. The van der Waals surface area contributed by atoms with Crippen LogP contribution in [-0.2, 0) is 20.8 Å². The Morgan fingerprint density at radius 2 is 1.62 bits per heavy atom. The van der Waals surface area contributed by atoms with Crippen LogP contribution in [0.15, 0.2) is 85.1 Å². The summed E-state index contributed by atoms with van der Waals surface area (Å²) in [5.74, 6) is -0.384. The highest BCUT2D eigenvalue weighted by Gasteiger charge is 2.23. The minimum absolute atomic E-state index is 0.0377. The van der Waals surface area contributed by atoms with E-state index < -0.39 is 6.04 Å². The second-order valence-corrected chi connectivity index (χ2v) is 10.7. The summed E-state index contributed by atoms with van der Waals surface area (Å²) in [6.07, 6.45) is 5.09. The van der Waals surface area contributed by atoms with E-state index in [0.717, 1.165) is 41.6 Å². The summed E-state index contributed by atoms with van der Waals surface area (Å²) in [5.41, 5.74) is 5.41. The number of nitrogens with zero attached hydrogens (tertiary/aromatic N) is 1. The highest BCUT2D eigenvalue weighted by Crippen LogP contribution is 2.31. The second kappa shape index (κ2) is 13.8. The Kier molecular flexibility index (Phi) is 9.96. The number of amides is 1. The van der Waals surface area contributed by atoms with Gasteiger partial charge in [-0.05, 0) is 91.1 Å². The third kappa shape index (κ3) is 7.95. The fourth-order valence-electron chi connectivity index (χ4n) is 5.21. The van der Waals surface area contributed by atoms with E-state index in [0.29, 0.717) is 6.42 Å². The number of fused-ring (bicyclic) bond motifs is 1. The molecule has 0 fully saturated rings. The lowest BCUT2D eigenvalue weighted by Crippen LogP contribution is -2.39. The van der Waals surface area contributed by atoms with Crippen LogP contribution >= 0.6 is 0 Å². The quantitative estimate of drug-likeness (QED) is 0.185. The normalized spacial score (nSPS) is 12.6. The van der Waals surface area contributed by atoms with Gasteiger partial charge in [0.05, 0.1) is 6.04 Å². The number of hydrogen-bond donors (Lipinski definition) is 1. The molecular weight excluding hydrogens is 496 g/mol.